The molecule has 112 valence electrons. The molecular weight excluding hydrogens is 273 g/mol. The van der Waals surface area contributed by atoms with Crippen molar-refractivity contribution < 1.29 is 14.0 Å². The Morgan fingerprint density at radius 1 is 1.38 bits per heavy atom. The molecule has 1 fully saturated rings. The molecule has 1 saturated heterocycles. The molecule has 3 N–H and O–H groups in total. The van der Waals surface area contributed by atoms with Crippen LogP contribution in [-0.2, 0) is 16.0 Å². The highest BCUT2D eigenvalue weighted by Crippen LogP contribution is 2.29. The van der Waals surface area contributed by atoms with Crippen LogP contribution in [-0.4, -0.2) is 23.9 Å². The molecule has 21 heavy (non-hydrogen) atoms. The number of carbonyl (C=O) groups excluding carboxylic acids is 2. The first-order valence-electron chi connectivity index (χ1n) is 7.17. The number of rotatable bonds is 2. The average Bonchev–Trinajstić information content (AvgIpc) is 2.88. The third-order valence-electron chi connectivity index (χ3n) is 4.21. The maximum atomic E-state index is 14.1. The second kappa shape index (κ2) is 5.11. The Bertz CT molecular complexity index is 609. The molecule has 6 heteroatoms. The maximum Gasteiger partial charge on any atom is 0.244 e. The summed E-state index contributed by atoms with van der Waals surface area (Å²) in [5.74, 6) is -0.809. The minimum atomic E-state index is -0.661. The van der Waals surface area contributed by atoms with Crippen molar-refractivity contribution in [3.8, 4) is 0 Å². The summed E-state index contributed by atoms with van der Waals surface area (Å²) in [6.07, 6.45) is 2.53. The lowest BCUT2D eigenvalue weighted by molar-refractivity contribution is -0.121. The highest BCUT2D eigenvalue weighted by atomic mass is 19.1. The van der Waals surface area contributed by atoms with Gasteiger partial charge < -0.3 is 16.0 Å². The topological polar surface area (TPSA) is 70.2 Å². The first-order chi connectivity index (χ1) is 9.98. The molecule has 0 spiro atoms. The van der Waals surface area contributed by atoms with E-state index in [0.29, 0.717) is 18.5 Å². The number of amides is 2. The van der Waals surface area contributed by atoms with Gasteiger partial charge in [-0.05, 0) is 50.4 Å². The Morgan fingerprint density at radius 3 is 2.90 bits per heavy atom. The molecule has 2 amide bonds. The largest absolute Gasteiger partial charge is 0.326 e. The van der Waals surface area contributed by atoms with Crippen molar-refractivity contribution in [1.29, 1.82) is 0 Å². The van der Waals surface area contributed by atoms with Gasteiger partial charge in [0.2, 0.25) is 11.8 Å². The predicted octanol–water partition coefficient (Wildman–Crippen LogP) is 1.79. The maximum absolute atomic E-state index is 14.1. The van der Waals surface area contributed by atoms with E-state index in [0.717, 1.165) is 24.9 Å². The zero-order chi connectivity index (χ0) is 15.0. The second-order valence-electron chi connectivity index (χ2n) is 5.85. The van der Waals surface area contributed by atoms with Crippen LogP contribution in [0.4, 0.5) is 15.8 Å². The molecule has 2 aliphatic rings. The van der Waals surface area contributed by atoms with Crippen LogP contribution in [0.5, 0.6) is 0 Å². The van der Waals surface area contributed by atoms with Crippen molar-refractivity contribution in [3.63, 3.8) is 0 Å². The number of hydrogen-bond acceptors (Lipinski definition) is 3. The molecule has 1 aromatic carbocycles. The number of carbonyl (C=O) groups is 2. The lowest BCUT2D eigenvalue weighted by Crippen LogP contribution is -2.48. The quantitative estimate of drug-likeness (QED) is 0.778. The summed E-state index contributed by atoms with van der Waals surface area (Å²) in [6.45, 7) is 2.60. The average molecular weight is 291 g/mol. The number of aryl methyl sites for hydroxylation is 1. The van der Waals surface area contributed by atoms with Crippen molar-refractivity contribution >= 4 is 23.2 Å². The van der Waals surface area contributed by atoms with Gasteiger partial charge in [-0.3, -0.25) is 9.59 Å². The van der Waals surface area contributed by atoms with E-state index < -0.39 is 11.4 Å². The number of benzene rings is 1. The Kier molecular flexibility index (Phi) is 3.41. The van der Waals surface area contributed by atoms with Crippen LogP contribution in [0, 0.1) is 5.82 Å². The first-order valence-corrected chi connectivity index (χ1v) is 7.17. The Hall–Kier alpha value is -1.95. The standard InChI is InChI=1S/C15H18FN3O2/c1-15(5-2-6-17-15)14(21)19-12-8-11-9(7-10(12)16)3-4-13(20)18-11/h7-8,17H,2-6H2,1H3,(H,18,20)(H,19,21). The van der Waals surface area contributed by atoms with Gasteiger partial charge in [0.25, 0.3) is 0 Å². The zero-order valence-electron chi connectivity index (χ0n) is 11.9. The summed E-state index contributed by atoms with van der Waals surface area (Å²) in [7, 11) is 0. The van der Waals surface area contributed by atoms with Crippen LogP contribution in [0.15, 0.2) is 12.1 Å². The normalized spacial score (nSPS) is 24.4. The number of nitrogens with one attached hydrogen (secondary N) is 3. The van der Waals surface area contributed by atoms with Crippen LogP contribution in [0.2, 0.25) is 0 Å². The summed E-state index contributed by atoms with van der Waals surface area (Å²) in [5.41, 5.74) is 0.782. The van der Waals surface area contributed by atoms with Gasteiger partial charge in [-0.25, -0.2) is 4.39 Å². The first kappa shape index (κ1) is 14.0. The number of hydrogen-bond donors (Lipinski definition) is 3. The summed E-state index contributed by atoms with van der Waals surface area (Å²) in [5, 5.41) is 8.47. The third-order valence-corrected chi connectivity index (χ3v) is 4.21. The molecule has 0 saturated carbocycles. The van der Waals surface area contributed by atoms with Gasteiger partial charge in [0.05, 0.1) is 11.2 Å². The van der Waals surface area contributed by atoms with Crippen molar-refractivity contribution in [2.24, 2.45) is 0 Å². The van der Waals surface area contributed by atoms with Gasteiger partial charge in [-0.1, -0.05) is 0 Å². The minimum Gasteiger partial charge on any atom is -0.326 e. The van der Waals surface area contributed by atoms with Crippen molar-refractivity contribution in [2.75, 3.05) is 17.2 Å². The Labute approximate surface area is 122 Å². The van der Waals surface area contributed by atoms with Crippen LogP contribution in [0.25, 0.3) is 0 Å². The van der Waals surface area contributed by atoms with Crippen molar-refractivity contribution in [2.45, 2.75) is 38.1 Å². The van der Waals surface area contributed by atoms with E-state index in [-0.39, 0.29) is 17.5 Å². The third kappa shape index (κ3) is 2.63. The van der Waals surface area contributed by atoms with E-state index in [1.807, 2.05) is 6.92 Å². The van der Waals surface area contributed by atoms with E-state index in [1.54, 1.807) is 0 Å². The van der Waals surface area contributed by atoms with Crippen molar-refractivity contribution in [1.82, 2.24) is 5.32 Å². The number of fused-ring (bicyclic) bond motifs is 1. The summed E-state index contributed by atoms with van der Waals surface area (Å²) in [4.78, 5) is 23.7. The second-order valence-corrected chi connectivity index (χ2v) is 5.85. The lowest BCUT2D eigenvalue weighted by Gasteiger charge is -2.24. The smallest absolute Gasteiger partial charge is 0.244 e. The molecule has 1 aromatic rings. The van der Waals surface area contributed by atoms with E-state index in [2.05, 4.69) is 16.0 Å². The highest BCUT2D eigenvalue weighted by Gasteiger charge is 2.36. The molecule has 3 rings (SSSR count). The fourth-order valence-corrected chi connectivity index (χ4v) is 2.84. The van der Waals surface area contributed by atoms with Gasteiger partial charge in [-0.2, -0.15) is 0 Å². The molecule has 0 radical (unpaired) electrons. The Balaban J connectivity index is 1.84. The van der Waals surface area contributed by atoms with Crippen LogP contribution in [0.1, 0.15) is 31.7 Å². The summed E-state index contributed by atoms with van der Waals surface area (Å²) >= 11 is 0. The molecule has 1 atom stereocenters. The van der Waals surface area contributed by atoms with Crippen molar-refractivity contribution in [3.05, 3.63) is 23.5 Å². The number of halogens is 1. The van der Waals surface area contributed by atoms with Crippen LogP contribution in [0.3, 0.4) is 0 Å². The zero-order valence-corrected chi connectivity index (χ0v) is 11.9. The van der Waals surface area contributed by atoms with Gasteiger partial charge in [0.15, 0.2) is 0 Å². The lowest BCUT2D eigenvalue weighted by atomic mass is 9.98. The highest BCUT2D eigenvalue weighted by molar-refractivity contribution is 6.00. The van der Waals surface area contributed by atoms with Crippen LogP contribution >= 0.6 is 0 Å². The molecule has 0 aromatic heterocycles. The van der Waals surface area contributed by atoms with Gasteiger partial charge >= 0.3 is 0 Å². The Morgan fingerprint density at radius 2 is 2.19 bits per heavy atom. The molecule has 0 bridgehead atoms. The van der Waals surface area contributed by atoms with Gasteiger partial charge in [0.1, 0.15) is 5.82 Å². The van der Waals surface area contributed by atoms with E-state index in [1.165, 1.54) is 12.1 Å². The molecule has 2 aliphatic heterocycles. The molecule has 5 nitrogen and oxygen atoms in total. The molecule has 2 heterocycles. The fourth-order valence-electron chi connectivity index (χ4n) is 2.84. The minimum absolute atomic E-state index is 0.0872. The predicted molar refractivity (Wildman–Crippen MR) is 77.6 cm³/mol. The van der Waals surface area contributed by atoms with E-state index in [9.17, 15) is 14.0 Å². The summed E-state index contributed by atoms with van der Waals surface area (Å²) < 4.78 is 14.1. The molecule has 0 aliphatic carbocycles. The SMILES string of the molecule is CC1(C(=O)Nc2cc3c(cc2F)CCC(=O)N3)CCCN1. The monoisotopic (exact) mass is 291 g/mol. The molecule has 1 unspecified atom stereocenters. The van der Waals surface area contributed by atoms with E-state index in [4.69, 9.17) is 0 Å². The van der Waals surface area contributed by atoms with Crippen LogP contribution < -0.4 is 16.0 Å². The van der Waals surface area contributed by atoms with Gasteiger partial charge in [-0.15, -0.1) is 0 Å². The summed E-state index contributed by atoms with van der Waals surface area (Å²) in [6, 6.07) is 2.88. The molecular formula is C15H18FN3O2. The fraction of sp³-hybridized carbons (Fsp3) is 0.467. The van der Waals surface area contributed by atoms with E-state index >= 15 is 0 Å². The number of anilines is 2. The van der Waals surface area contributed by atoms with Gasteiger partial charge in [0, 0.05) is 12.1 Å².